The molecule has 1 aromatic rings. The van der Waals surface area contributed by atoms with E-state index in [0.29, 0.717) is 28.8 Å². The number of esters is 1. The third kappa shape index (κ3) is 2.63. The summed E-state index contributed by atoms with van der Waals surface area (Å²) in [6.45, 7) is 0.500. The van der Waals surface area contributed by atoms with Gasteiger partial charge in [0.2, 0.25) is 0 Å². The van der Waals surface area contributed by atoms with Crippen molar-refractivity contribution in [2.45, 2.75) is 12.8 Å². The molecular weight excluding hydrogens is 214 g/mol. The minimum absolute atomic E-state index is 0.343. The minimum atomic E-state index is -0.369. The van der Waals surface area contributed by atoms with Crippen LogP contribution in [0.4, 0.5) is 5.69 Å². The van der Waals surface area contributed by atoms with Gasteiger partial charge < -0.3 is 10.5 Å². The third-order valence-electron chi connectivity index (χ3n) is 2.36. The standard InChI is InChI=1S/C11H12ClNO2/c12-10-5-8(13)3-4-9(10)11(14)15-6-7-1-2-7/h3-5,7H,1-2,6,13H2. The molecule has 2 rings (SSSR count). The van der Waals surface area contributed by atoms with Crippen LogP contribution in [0, 0.1) is 5.92 Å². The second-order valence-corrected chi connectivity index (χ2v) is 4.19. The number of nitrogen functional groups attached to an aromatic ring is 1. The monoisotopic (exact) mass is 225 g/mol. The van der Waals surface area contributed by atoms with Gasteiger partial charge in [0.15, 0.2) is 0 Å². The molecule has 0 heterocycles. The van der Waals surface area contributed by atoms with Gasteiger partial charge in [-0.25, -0.2) is 4.79 Å². The first-order valence-corrected chi connectivity index (χ1v) is 5.27. The van der Waals surface area contributed by atoms with Crippen LogP contribution in [0.25, 0.3) is 0 Å². The SMILES string of the molecule is Nc1ccc(C(=O)OCC2CC2)c(Cl)c1. The molecule has 1 aliphatic rings. The highest BCUT2D eigenvalue weighted by molar-refractivity contribution is 6.33. The van der Waals surface area contributed by atoms with Crippen LogP contribution >= 0.6 is 11.6 Å². The number of hydrogen-bond donors (Lipinski definition) is 1. The molecule has 1 aromatic carbocycles. The molecule has 0 bridgehead atoms. The Morgan fingerprint density at radius 1 is 1.53 bits per heavy atom. The van der Waals surface area contributed by atoms with E-state index in [1.54, 1.807) is 18.2 Å². The van der Waals surface area contributed by atoms with Gasteiger partial charge in [0, 0.05) is 5.69 Å². The van der Waals surface area contributed by atoms with Crippen LogP contribution in [-0.4, -0.2) is 12.6 Å². The number of anilines is 1. The number of hydrogen-bond acceptors (Lipinski definition) is 3. The number of nitrogens with two attached hydrogens (primary N) is 1. The highest BCUT2D eigenvalue weighted by atomic mass is 35.5. The molecule has 0 unspecified atom stereocenters. The first kappa shape index (κ1) is 10.3. The van der Waals surface area contributed by atoms with E-state index in [9.17, 15) is 4.79 Å². The fourth-order valence-electron chi connectivity index (χ4n) is 1.25. The predicted molar refractivity (Wildman–Crippen MR) is 58.9 cm³/mol. The highest BCUT2D eigenvalue weighted by Crippen LogP contribution is 2.29. The summed E-state index contributed by atoms with van der Waals surface area (Å²) in [7, 11) is 0. The van der Waals surface area contributed by atoms with Crippen molar-refractivity contribution in [1.82, 2.24) is 0 Å². The summed E-state index contributed by atoms with van der Waals surface area (Å²) in [6.07, 6.45) is 2.31. The van der Waals surface area contributed by atoms with Crippen molar-refractivity contribution in [2.75, 3.05) is 12.3 Å². The van der Waals surface area contributed by atoms with Gasteiger partial charge in [-0.15, -0.1) is 0 Å². The zero-order valence-electron chi connectivity index (χ0n) is 8.20. The van der Waals surface area contributed by atoms with Gasteiger partial charge in [-0.1, -0.05) is 11.6 Å². The Bertz CT molecular complexity index is 388. The van der Waals surface area contributed by atoms with E-state index < -0.39 is 0 Å². The third-order valence-corrected chi connectivity index (χ3v) is 2.67. The van der Waals surface area contributed by atoms with Gasteiger partial charge >= 0.3 is 5.97 Å². The first-order valence-electron chi connectivity index (χ1n) is 4.89. The molecule has 0 saturated heterocycles. The van der Waals surface area contributed by atoms with E-state index in [1.165, 1.54) is 0 Å². The van der Waals surface area contributed by atoms with Crippen LogP contribution in [0.2, 0.25) is 5.02 Å². The molecule has 0 aliphatic heterocycles. The molecule has 1 saturated carbocycles. The molecule has 15 heavy (non-hydrogen) atoms. The number of carbonyl (C=O) groups excluding carboxylic acids is 1. The van der Waals surface area contributed by atoms with E-state index in [2.05, 4.69) is 0 Å². The smallest absolute Gasteiger partial charge is 0.339 e. The Kier molecular flexibility index (Phi) is 2.82. The average Bonchev–Trinajstić information content (AvgIpc) is 2.97. The zero-order valence-corrected chi connectivity index (χ0v) is 8.96. The van der Waals surface area contributed by atoms with Crippen molar-refractivity contribution in [1.29, 1.82) is 0 Å². The van der Waals surface area contributed by atoms with E-state index in [1.807, 2.05) is 0 Å². The lowest BCUT2D eigenvalue weighted by atomic mass is 10.2. The van der Waals surface area contributed by atoms with Crippen molar-refractivity contribution in [3.8, 4) is 0 Å². The molecular formula is C11H12ClNO2. The molecule has 1 aliphatic carbocycles. The van der Waals surface area contributed by atoms with Gasteiger partial charge in [-0.2, -0.15) is 0 Å². The summed E-state index contributed by atoms with van der Waals surface area (Å²) >= 11 is 5.87. The molecule has 0 radical (unpaired) electrons. The molecule has 0 atom stereocenters. The fraction of sp³-hybridized carbons (Fsp3) is 0.364. The molecule has 4 heteroatoms. The van der Waals surface area contributed by atoms with E-state index >= 15 is 0 Å². The fourth-order valence-corrected chi connectivity index (χ4v) is 1.52. The number of carbonyl (C=O) groups is 1. The zero-order chi connectivity index (χ0) is 10.8. The second kappa shape index (κ2) is 4.11. The van der Waals surface area contributed by atoms with Crippen molar-refractivity contribution >= 4 is 23.3 Å². The van der Waals surface area contributed by atoms with E-state index in [-0.39, 0.29) is 5.97 Å². The largest absolute Gasteiger partial charge is 0.462 e. The van der Waals surface area contributed by atoms with Crippen LogP contribution in [0.1, 0.15) is 23.2 Å². The minimum Gasteiger partial charge on any atom is -0.462 e. The molecule has 0 amide bonds. The summed E-state index contributed by atoms with van der Waals surface area (Å²) < 4.78 is 5.11. The van der Waals surface area contributed by atoms with Gasteiger partial charge in [-0.3, -0.25) is 0 Å². The maximum absolute atomic E-state index is 11.6. The van der Waals surface area contributed by atoms with Gasteiger partial charge in [0.1, 0.15) is 0 Å². The van der Waals surface area contributed by atoms with Crippen LogP contribution in [0.3, 0.4) is 0 Å². The van der Waals surface area contributed by atoms with Crippen molar-refractivity contribution in [3.63, 3.8) is 0 Å². The van der Waals surface area contributed by atoms with Gasteiger partial charge in [-0.05, 0) is 37.0 Å². The van der Waals surface area contributed by atoms with E-state index in [0.717, 1.165) is 12.8 Å². The topological polar surface area (TPSA) is 52.3 Å². The molecule has 0 spiro atoms. The number of ether oxygens (including phenoxy) is 1. The Balaban J connectivity index is 2.03. The lowest BCUT2D eigenvalue weighted by molar-refractivity contribution is 0.0486. The van der Waals surface area contributed by atoms with Crippen LogP contribution in [-0.2, 0) is 4.74 Å². The van der Waals surface area contributed by atoms with Crippen LogP contribution < -0.4 is 5.73 Å². The van der Waals surface area contributed by atoms with Crippen molar-refractivity contribution in [2.24, 2.45) is 5.92 Å². The number of benzene rings is 1. The first-order chi connectivity index (χ1) is 7.16. The predicted octanol–water partition coefficient (Wildman–Crippen LogP) is 2.49. The van der Waals surface area contributed by atoms with Crippen molar-refractivity contribution in [3.05, 3.63) is 28.8 Å². The quantitative estimate of drug-likeness (QED) is 0.635. The second-order valence-electron chi connectivity index (χ2n) is 3.78. The Morgan fingerprint density at radius 3 is 2.87 bits per heavy atom. The summed E-state index contributed by atoms with van der Waals surface area (Å²) in [4.78, 5) is 11.6. The Hall–Kier alpha value is -1.22. The van der Waals surface area contributed by atoms with E-state index in [4.69, 9.17) is 22.1 Å². The molecule has 3 nitrogen and oxygen atoms in total. The lowest BCUT2D eigenvalue weighted by Crippen LogP contribution is -2.08. The normalized spacial score (nSPS) is 15.0. The summed E-state index contributed by atoms with van der Waals surface area (Å²) in [5, 5.41) is 0.343. The Morgan fingerprint density at radius 2 is 2.27 bits per heavy atom. The van der Waals surface area contributed by atoms with Crippen LogP contribution in [0.5, 0.6) is 0 Å². The van der Waals surface area contributed by atoms with Gasteiger partial charge in [0.05, 0.1) is 17.2 Å². The summed E-state index contributed by atoms with van der Waals surface area (Å²) in [6, 6.07) is 4.78. The van der Waals surface area contributed by atoms with Crippen LogP contribution in [0.15, 0.2) is 18.2 Å². The Labute approximate surface area is 93.2 Å². The summed E-state index contributed by atoms with van der Waals surface area (Å²) in [5.74, 6) is 0.188. The molecule has 2 N–H and O–H groups in total. The highest BCUT2D eigenvalue weighted by Gasteiger charge is 2.23. The number of halogens is 1. The van der Waals surface area contributed by atoms with Crippen molar-refractivity contribution < 1.29 is 9.53 Å². The molecule has 80 valence electrons. The average molecular weight is 226 g/mol. The maximum atomic E-state index is 11.6. The molecule has 0 aromatic heterocycles. The molecule has 1 fully saturated rings. The summed E-state index contributed by atoms with van der Waals surface area (Å²) in [5.41, 5.74) is 6.44. The maximum Gasteiger partial charge on any atom is 0.339 e. The number of rotatable bonds is 3. The lowest BCUT2D eigenvalue weighted by Gasteiger charge is -2.05. The van der Waals surface area contributed by atoms with Gasteiger partial charge in [0.25, 0.3) is 0 Å².